The quantitative estimate of drug-likeness (QED) is 0.547. The molecule has 2 fully saturated rings. The highest BCUT2D eigenvalue weighted by molar-refractivity contribution is 7.84. The summed E-state index contributed by atoms with van der Waals surface area (Å²) >= 11 is 12.3. The first-order valence-electron chi connectivity index (χ1n) is 10.5. The molecule has 3 rings (SSSR count). The van der Waals surface area contributed by atoms with E-state index < -0.39 is 21.8 Å². The van der Waals surface area contributed by atoms with Gasteiger partial charge >= 0.3 is 0 Å². The van der Waals surface area contributed by atoms with Gasteiger partial charge in [0.15, 0.2) is 6.10 Å². The molecule has 1 aromatic rings. The maximum Gasteiger partial charge on any atom is 0.253 e. The van der Waals surface area contributed by atoms with Crippen LogP contribution in [0.15, 0.2) is 12.1 Å². The molecule has 2 unspecified atom stereocenters. The Labute approximate surface area is 200 Å². The van der Waals surface area contributed by atoms with Gasteiger partial charge in [-0.1, -0.05) is 23.2 Å². The summed E-state index contributed by atoms with van der Waals surface area (Å²) in [6.45, 7) is 4.75. The number of benzene rings is 1. The van der Waals surface area contributed by atoms with Gasteiger partial charge < -0.3 is 20.1 Å². The van der Waals surface area contributed by atoms with E-state index in [1.807, 2.05) is 13.8 Å². The van der Waals surface area contributed by atoms with Gasteiger partial charge in [-0.2, -0.15) is 0 Å². The normalized spacial score (nSPS) is 22.3. The number of nitrogens with two attached hydrogens (primary N) is 1. The standard InChI is InChI=1S/C21H29Cl2N3O5S/c1-21(2,32(24)30)9-14(13-7-15(22)16(23)8-17(13)27)12-3-5-26(6-4-12)20(29)18-10-25-19(28)11-31-18/h7-8,12,14,18,27H,3-6,9-11,24H2,1-2H3,(H,25,28)/t14-,18?,32?/m1/s1. The summed E-state index contributed by atoms with van der Waals surface area (Å²) in [5, 5.41) is 19.6. The molecular weight excluding hydrogens is 477 g/mol. The van der Waals surface area contributed by atoms with Crippen LogP contribution < -0.4 is 10.5 Å². The van der Waals surface area contributed by atoms with Gasteiger partial charge in [-0.3, -0.25) is 14.7 Å². The van der Waals surface area contributed by atoms with Gasteiger partial charge in [-0.25, -0.2) is 4.21 Å². The fraction of sp³-hybridized carbons (Fsp3) is 0.619. The number of nitrogens with one attached hydrogen (secondary N) is 1. The summed E-state index contributed by atoms with van der Waals surface area (Å²) in [5.41, 5.74) is 0.640. The van der Waals surface area contributed by atoms with Gasteiger partial charge in [0.1, 0.15) is 12.4 Å². The smallest absolute Gasteiger partial charge is 0.253 e. The van der Waals surface area contributed by atoms with Crippen molar-refractivity contribution in [3.05, 3.63) is 27.7 Å². The monoisotopic (exact) mass is 505 g/mol. The van der Waals surface area contributed by atoms with Gasteiger partial charge in [0, 0.05) is 19.2 Å². The third-order valence-corrected chi connectivity index (χ3v) is 8.30. The number of hydrogen-bond donors (Lipinski definition) is 3. The van der Waals surface area contributed by atoms with Crippen molar-refractivity contribution in [2.45, 2.75) is 49.9 Å². The Morgan fingerprint density at radius 1 is 1.34 bits per heavy atom. The Morgan fingerprint density at radius 3 is 2.53 bits per heavy atom. The fourth-order valence-corrected chi connectivity index (χ4v) is 5.04. The molecule has 8 nitrogen and oxygen atoms in total. The summed E-state index contributed by atoms with van der Waals surface area (Å²) in [6.07, 6.45) is 1.17. The Balaban J connectivity index is 1.77. The molecule has 2 amide bonds. The van der Waals surface area contributed by atoms with Crippen molar-refractivity contribution in [2.75, 3.05) is 26.2 Å². The molecule has 2 aliphatic heterocycles. The molecule has 11 heteroatoms. The van der Waals surface area contributed by atoms with Crippen molar-refractivity contribution in [1.82, 2.24) is 10.2 Å². The maximum absolute atomic E-state index is 12.8. The number of hydrogen-bond acceptors (Lipinski definition) is 5. The molecular formula is C21H29Cl2N3O5S. The van der Waals surface area contributed by atoms with Crippen LogP contribution in [0.1, 0.15) is 44.6 Å². The van der Waals surface area contributed by atoms with Crippen LogP contribution in [0.4, 0.5) is 0 Å². The van der Waals surface area contributed by atoms with Gasteiger partial charge in [0.25, 0.3) is 5.91 Å². The van der Waals surface area contributed by atoms with Crippen LogP contribution in [-0.2, 0) is 25.3 Å². The van der Waals surface area contributed by atoms with E-state index in [0.29, 0.717) is 42.9 Å². The summed E-state index contributed by atoms with van der Waals surface area (Å²) in [5.74, 6) is -0.391. The van der Waals surface area contributed by atoms with Crippen LogP contribution in [0.3, 0.4) is 0 Å². The van der Waals surface area contributed by atoms with Gasteiger partial charge in [-0.05, 0) is 56.6 Å². The van der Waals surface area contributed by atoms with Crippen molar-refractivity contribution in [2.24, 2.45) is 11.1 Å². The molecule has 0 bridgehead atoms. The van der Waals surface area contributed by atoms with Crippen LogP contribution in [0.2, 0.25) is 10.0 Å². The number of piperidine rings is 1. The summed E-state index contributed by atoms with van der Waals surface area (Å²) < 4.78 is 16.8. The zero-order valence-electron chi connectivity index (χ0n) is 18.1. The first-order valence-corrected chi connectivity index (χ1v) is 12.5. The number of ether oxygens (including phenoxy) is 1. The predicted molar refractivity (Wildman–Crippen MR) is 124 cm³/mol. The number of rotatable bonds is 6. The van der Waals surface area contributed by atoms with Crippen molar-refractivity contribution in [1.29, 1.82) is 0 Å². The van der Waals surface area contributed by atoms with Gasteiger partial charge in [0.2, 0.25) is 5.91 Å². The molecule has 2 heterocycles. The van der Waals surface area contributed by atoms with Crippen molar-refractivity contribution >= 4 is 46.0 Å². The number of nitrogens with zero attached hydrogens (tertiary/aromatic N) is 1. The van der Waals surface area contributed by atoms with Crippen LogP contribution >= 0.6 is 23.2 Å². The van der Waals surface area contributed by atoms with E-state index in [-0.39, 0.29) is 47.6 Å². The van der Waals surface area contributed by atoms with Gasteiger partial charge in [0.05, 0.1) is 32.3 Å². The summed E-state index contributed by atoms with van der Waals surface area (Å²) in [6, 6.07) is 3.08. The molecule has 2 aliphatic rings. The molecule has 0 saturated carbocycles. The van der Waals surface area contributed by atoms with E-state index in [0.717, 1.165) is 0 Å². The average Bonchev–Trinajstić information content (AvgIpc) is 2.75. The van der Waals surface area contributed by atoms with E-state index in [1.54, 1.807) is 11.0 Å². The van der Waals surface area contributed by atoms with Crippen molar-refractivity contribution in [3.8, 4) is 5.75 Å². The van der Waals surface area contributed by atoms with Crippen LogP contribution in [-0.4, -0.2) is 63.1 Å². The first kappa shape index (κ1) is 25.2. The first-order chi connectivity index (χ1) is 15.0. The SMILES string of the molecule is CC(C)(C[C@@H](c1cc(Cl)c(Cl)cc1O)C1CCN(C(=O)C2CNC(=O)CO2)CC1)S(N)=O. The topological polar surface area (TPSA) is 122 Å². The summed E-state index contributed by atoms with van der Waals surface area (Å²) in [7, 11) is -1.57. The number of likely N-dealkylation sites (tertiary alicyclic amines) is 1. The zero-order valence-corrected chi connectivity index (χ0v) is 20.4. The Kier molecular flexibility index (Phi) is 8.09. The molecule has 4 N–H and O–H groups in total. The Bertz CT molecular complexity index is 896. The number of halogens is 2. The molecule has 178 valence electrons. The van der Waals surface area contributed by atoms with Crippen LogP contribution in [0.5, 0.6) is 5.75 Å². The largest absolute Gasteiger partial charge is 0.508 e. The number of carbonyl (C=O) groups is 2. The summed E-state index contributed by atoms with van der Waals surface area (Å²) in [4.78, 5) is 25.8. The lowest BCUT2D eigenvalue weighted by atomic mass is 9.75. The molecule has 0 spiro atoms. The second-order valence-electron chi connectivity index (χ2n) is 8.96. The minimum absolute atomic E-state index is 0.0351. The molecule has 0 aromatic heterocycles. The van der Waals surface area contributed by atoms with Crippen LogP contribution in [0.25, 0.3) is 0 Å². The Morgan fingerprint density at radius 2 is 1.97 bits per heavy atom. The highest BCUT2D eigenvalue weighted by atomic mass is 35.5. The number of aromatic hydroxyl groups is 1. The number of morpholine rings is 1. The van der Waals surface area contributed by atoms with E-state index in [9.17, 15) is 18.9 Å². The zero-order chi connectivity index (χ0) is 23.6. The average molecular weight is 506 g/mol. The highest BCUT2D eigenvalue weighted by Gasteiger charge is 2.38. The molecule has 0 aliphatic carbocycles. The van der Waals surface area contributed by atoms with Crippen molar-refractivity contribution < 1.29 is 23.6 Å². The van der Waals surface area contributed by atoms with Crippen molar-refractivity contribution in [3.63, 3.8) is 0 Å². The lowest BCUT2D eigenvalue weighted by Crippen LogP contribution is -2.53. The number of amides is 2. The fourth-order valence-electron chi connectivity index (χ4n) is 4.37. The van der Waals surface area contributed by atoms with E-state index in [1.165, 1.54) is 6.07 Å². The minimum atomic E-state index is -1.57. The third kappa shape index (κ3) is 5.75. The molecule has 0 radical (unpaired) electrons. The van der Waals surface area contributed by atoms with E-state index in [4.69, 9.17) is 33.1 Å². The molecule has 2 saturated heterocycles. The number of carbonyl (C=O) groups excluding carboxylic acids is 2. The lowest BCUT2D eigenvalue weighted by Gasteiger charge is -2.40. The van der Waals surface area contributed by atoms with Gasteiger partial charge in [-0.15, -0.1) is 0 Å². The highest BCUT2D eigenvalue weighted by Crippen LogP contribution is 2.44. The second kappa shape index (κ2) is 10.3. The Hall–Kier alpha value is -1.39. The second-order valence-corrected chi connectivity index (χ2v) is 11.5. The third-order valence-electron chi connectivity index (χ3n) is 6.32. The maximum atomic E-state index is 12.8. The molecule has 1 aromatic carbocycles. The number of phenolic OH excluding ortho intramolecular Hbond substituents is 1. The van der Waals surface area contributed by atoms with E-state index in [2.05, 4.69) is 5.32 Å². The van der Waals surface area contributed by atoms with Crippen LogP contribution in [0, 0.1) is 5.92 Å². The molecule has 3 atom stereocenters. The predicted octanol–water partition coefficient (Wildman–Crippen LogP) is 2.33. The van der Waals surface area contributed by atoms with E-state index >= 15 is 0 Å². The lowest BCUT2D eigenvalue weighted by molar-refractivity contribution is -0.151. The minimum Gasteiger partial charge on any atom is -0.508 e. The number of phenols is 1. The molecule has 32 heavy (non-hydrogen) atoms.